The van der Waals surface area contributed by atoms with Crippen molar-refractivity contribution in [3.8, 4) is 0 Å². The van der Waals surface area contributed by atoms with Crippen molar-refractivity contribution in [2.45, 2.75) is 18.7 Å². The van der Waals surface area contributed by atoms with E-state index >= 15 is 0 Å². The van der Waals surface area contributed by atoms with Gasteiger partial charge in [-0.25, -0.2) is 0 Å². The molecule has 0 amide bonds. The van der Waals surface area contributed by atoms with Crippen molar-refractivity contribution >= 4 is 17.4 Å². The Kier molecular flexibility index (Phi) is 2.32. The van der Waals surface area contributed by atoms with Crippen LogP contribution in [0.4, 0.5) is 5.69 Å². The molecular weight excluding hydrogens is 178 g/mol. The van der Waals surface area contributed by atoms with Gasteiger partial charge in [-0.15, -0.1) is 0 Å². The first-order valence-corrected chi connectivity index (χ1v) is 5.39. The summed E-state index contributed by atoms with van der Waals surface area (Å²) in [6.45, 7) is 5.33. The molecule has 1 aliphatic heterocycles. The number of anilines is 1. The highest BCUT2D eigenvalue weighted by molar-refractivity contribution is 8.03. The lowest BCUT2D eigenvalue weighted by Gasteiger charge is -2.17. The topological polar surface area (TPSA) is 3.24 Å². The summed E-state index contributed by atoms with van der Waals surface area (Å²) in [5, 5.41) is 1.35. The summed E-state index contributed by atoms with van der Waals surface area (Å²) in [6.07, 6.45) is 2.17. The number of para-hydroxylation sites is 1. The van der Waals surface area contributed by atoms with Crippen LogP contribution in [0.3, 0.4) is 0 Å². The summed E-state index contributed by atoms with van der Waals surface area (Å²) >= 11 is 1.86. The fraction of sp³-hybridized carbons (Fsp3) is 0.273. The smallest absolute Gasteiger partial charge is 0.0757 e. The number of benzene rings is 1. The van der Waals surface area contributed by atoms with Crippen molar-refractivity contribution in [2.75, 3.05) is 11.4 Å². The molecule has 0 saturated heterocycles. The summed E-state index contributed by atoms with van der Waals surface area (Å²) in [7, 11) is 0. The Balaban J connectivity index is 2.46. The van der Waals surface area contributed by atoms with Gasteiger partial charge in [-0.2, -0.15) is 0 Å². The number of hydrogen-bond donors (Lipinski definition) is 0. The Hall–Kier alpha value is -0.890. The fourth-order valence-corrected chi connectivity index (χ4v) is 2.70. The van der Waals surface area contributed by atoms with E-state index in [-0.39, 0.29) is 0 Å². The second-order valence-corrected chi connectivity index (χ2v) is 4.00. The third-order valence-corrected chi connectivity index (χ3v) is 3.43. The van der Waals surface area contributed by atoms with Crippen LogP contribution in [0, 0.1) is 0 Å². The molecule has 0 spiro atoms. The van der Waals surface area contributed by atoms with Gasteiger partial charge >= 0.3 is 0 Å². The van der Waals surface area contributed by atoms with Gasteiger partial charge in [0.2, 0.25) is 0 Å². The normalized spacial score (nSPS) is 18.0. The fourth-order valence-electron chi connectivity index (χ4n) is 1.59. The molecule has 0 radical (unpaired) electrons. The number of hydrogen-bond acceptors (Lipinski definition) is 2. The third-order valence-electron chi connectivity index (χ3n) is 2.20. The van der Waals surface area contributed by atoms with Gasteiger partial charge in [0.25, 0.3) is 0 Å². The van der Waals surface area contributed by atoms with E-state index < -0.39 is 0 Å². The van der Waals surface area contributed by atoms with Crippen molar-refractivity contribution in [1.29, 1.82) is 0 Å². The lowest BCUT2D eigenvalue weighted by Crippen LogP contribution is -2.15. The highest BCUT2D eigenvalue weighted by atomic mass is 32.2. The van der Waals surface area contributed by atoms with Crippen molar-refractivity contribution in [3.63, 3.8) is 0 Å². The number of nitrogens with zero attached hydrogens (tertiary/aromatic N) is 1. The first kappa shape index (κ1) is 8.70. The van der Waals surface area contributed by atoms with E-state index in [0.717, 1.165) is 6.54 Å². The van der Waals surface area contributed by atoms with E-state index in [2.05, 4.69) is 49.1 Å². The molecule has 0 unspecified atom stereocenters. The largest absolute Gasteiger partial charge is 0.336 e. The molecule has 0 atom stereocenters. The van der Waals surface area contributed by atoms with Crippen LogP contribution in [0.2, 0.25) is 0 Å². The molecule has 2 rings (SSSR count). The zero-order valence-electron chi connectivity index (χ0n) is 7.95. The third kappa shape index (κ3) is 1.35. The highest BCUT2D eigenvalue weighted by Crippen LogP contribution is 2.45. The Morgan fingerprint density at radius 3 is 2.85 bits per heavy atom. The van der Waals surface area contributed by atoms with Crippen LogP contribution in [0.5, 0.6) is 0 Å². The second-order valence-electron chi connectivity index (χ2n) is 2.94. The zero-order valence-corrected chi connectivity index (χ0v) is 8.77. The predicted molar refractivity (Wildman–Crippen MR) is 59.1 cm³/mol. The molecule has 0 fully saturated rings. The predicted octanol–water partition coefficient (Wildman–Crippen LogP) is 3.48. The average Bonchev–Trinajstić information content (AvgIpc) is 2.55. The van der Waals surface area contributed by atoms with Crippen LogP contribution in [0.1, 0.15) is 13.8 Å². The Morgan fingerprint density at radius 2 is 2.15 bits per heavy atom. The van der Waals surface area contributed by atoms with E-state index in [1.54, 1.807) is 0 Å². The van der Waals surface area contributed by atoms with Gasteiger partial charge in [0.15, 0.2) is 0 Å². The molecule has 1 aromatic rings. The molecule has 13 heavy (non-hydrogen) atoms. The van der Waals surface area contributed by atoms with Crippen LogP contribution < -0.4 is 4.90 Å². The quantitative estimate of drug-likeness (QED) is 0.668. The summed E-state index contributed by atoms with van der Waals surface area (Å²) < 4.78 is 0. The van der Waals surface area contributed by atoms with Crippen molar-refractivity contribution in [2.24, 2.45) is 0 Å². The van der Waals surface area contributed by atoms with Crippen LogP contribution in [0.25, 0.3) is 0 Å². The van der Waals surface area contributed by atoms with Crippen LogP contribution in [-0.4, -0.2) is 6.54 Å². The van der Waals surface area contributed by atoms with Crippen molar-refractivity contribution in [3.05, 3.63) is 35.4 Å². The minimum absolute atomic E-state index is 1.05. The van der Waals surface area contributed by atoms with E-state index in [0.29, 0.717) is 0 Å². The molecular formula is C11H13NS. The highest BCUT2D eigenvalue weighted by Gasteiger charge is 2.21. The van der Waals surface area contributed by atoms with E-state index in [1.807, 2.05) is 11.8 Å². The molecule has 0 aliphatic carbocycles. The molecule has 1 heterocycles. The van der Waals surface area contributed by atoms with Crippen molar-refractivity contribution in [1.82, 2.24) is 0 Å². The molecule has 0 bridgehead atoms. The number of rotatable bonds is 1. The molecule has 1 nitrogen and oxygen atoms in total. The summed E-state index contributed by atoms with van der Waals surface area (Å²) in [6, 6.07) is 8.56. The molecule has 68 valence electrons. The zero-order chi connectivity index (χ0) is 9.26. The van der Waals surface area contributed by atoms with Crippen LogP contribution >= 0.6 is 11.8 Å². The number of thioether (sulfide) groups is 1. The monoisotopic (exact) mass is 191 g/mol. The maximum Gasteiger partial charge on any atom is 0.0757 e. The molecule has 1 aromatic carbocycles. The second kappa shape index (κ2) is 3.46. The van der Waals surface area contributed by atoms with E-state index in [1.165, 1.54) is 15.6 Å². The number of fused-ring (bicyclic) bond motifs is 1. The summed E-state index contributed by atoms with van der Waals surface area (Å²) in [5.41, 5.74) is 1.35. The van der Waals surface area contributed by atoms with E-state index in [9.17, 15) is 0 Å². The van der Waals surface area contributed by atoms with Crippen molar-refractivity contribution < 1.29 is 0 Å². The number of allylic oxidation sites excluding steroid dienone is 1. The van der Waals surface area contributed by atoms with Gasteiger partial charge in [-0.05, 0) is 26.0 Å². The molecule has 0 saturated carbocycles. The van der Waals surface area contributed by atoms with Gasteiger partial charge in [-0.1, -0.05) is 30.0 Å². The molecule has 0 aromatic heterocycles. The lowest BCUT2D eigenvalue weighted by atomic mass is 10.3. The lowest BCUT2D eigenvalue weighted by molar-refractivity contribution is 1.00. The van der Waals surface area contributed by atoms with Gasteiger partial charge in [-0.3, -0.25) is 0 Å². The Morgan fingerprint density at radius 1 is 1.38 bits per heavy atom. The van der Waals surface area contributed by atoms with Gasteiger partial charge in [0.1, 0.15) is 0 Å². The SMILES string of the molecule is CC=C1Sc2ccccc2N1CC. The maximum absolute atomic E-state index is 2.35. The Bertz CT molecular complexity index is 344. The Labute approximate surface area is 83.4 Å². The maximum atomic E-state index is 2.35. The first-order chi connectivity index (χ1) is 6.36. The summed E-state index contributed by atoms with van der Waals surface area (Å²) in [5.74, 6) is 0. The average molecular weight is 191 g/mol. The molecule has 0 N–H and O–H groups in total. The van der Waals surface area contributed by atoms with Gasteiger partial charge in [0.05, 0.1) is 10.7 Å². The van der Waals surface area contributed by atoms with E-state index in [4.69, 9.17) is 0 Å². The summed E-state index contributed by atoms with van der Waals surface area (Å²) in [4.78, 5) is 3.72. The van der Waals surface area contributed by atoms with Crippen LogP contribution in [-0.2, 0) is 0 Å². The minimum Gasteiger partial charge on any atom is -0.336 e. The molecule has 1 aliphatic rings. The standard InChI is InChI=1S/C11H13NS/c1-3-11-12(4-2)9-7-5-6-8-10(9)13-11/h3,5-8H,4H2,1-2H3. The molecule has 2 heteroatoms. The van der Waals surface area contributed by atoms with Gasteiger partial charge < -0.3 is 4.90 Å². The minimum atomic E-state index is 1.05. The van der Waals surface area contributed by atoms with Gasteiger partial charge in [0, 0.05) is 11.4 Å². The first-order valence-electron chi connectivity index (χ1n) is 4.57. The van der Waals surface area contributed by atoms with Crippen LogP contribution in [0.15, 0.2) is 40.3 Å².